The Labute approximate surface area is 144 Å². The van der Waals surface area contributed by atoms with Crippen LogP contribution in [-0.2, 0) is 4.79 Å². The van der Waals surface area contributed by atoms with Gasteiger partial charge in [-0.2, -0.15) is 0 Å². The van der Waals surface area contributed by atoms with Gasteiger partial charge in [0.1, 0.15) is 0 Å². The summed E-state index contributed by atoms with van der Waals surface area (Å²) in [7, 11) is 0. The van der Waals surface area contributed by atoms with Crippen LogP contribution in [0.3, 0.4) is 0 Å². The highest BCUT2D eigenvalue weighted by molar-refractivity contribution is 6.30. The second-order valence-electron chi connectivity index (χ2n) is 5.04. The van der Waals surface area contributed by atoms with E-state index >= 15 is 0 Å². The summed E-state index contributed by atoms with van der Waals surface area (Å²) in [5, 5.41) is 3.38. The number of nitrogens with one attached hydrogen (secondary N) is 1. The number of carbonyl (C=O) groups excluding carboxylic acids is 1. The molecule has 1 amide bonds. The van der Waals surface area contributed by atoms with Crippen LogP contribution in [-0.4, -0.2) is 15.9 Å². The van der Waals surface area contributed by atoms with Gasteiger partial charge in [-0.3, -0.25) is 4.79 Å². The van der Waals surface area contributed by atoms with E-state index in [4.69, 9.17) is 11.6 Å². The SMILES string of the molecule is O=C(/C=C/c1cnc(-c2ccccc2)nc1)Nc1ccc(Cl)cc1. The summed E-state index contributed by atoms with van der Waals surface area (Å²) >= 11 is 5.81. The van der Waals surface area contributed by atoms with Crippen LogP contribution in [0, 0.1) is 0 Å². The van der Waals surface area contributed by atoms with Crippen LogP contribution in [0.4, 0.5) is 5.69 Å². The molecular formula is C19H14ClN3O. The van der Waals surface area contributed by atoms with Crippen molar-refractivity contribution in [1.29, 1.82) is 0 Å². The topological polar surface area (TPSA) is 54.9 Å². The second-order valence-corrected chi connectivity index (χ2v) is 5.47. The van der Waals surface area contributed by atoms with E-state index in [-0.39, 0.29) is 5.91 Å². The number of aromatic nitrogens is 2. The monoisotopic (exact) mass is 335 g/mol. The fraction of sp³-hybridized carbons (Fsp3) is 0. The molecule has 5 heteroatoms. The van der Waals surface area contributed by atoms with Crippen LogP contribution in [0.25, 0.3) is 17.5 Å². The van der Waals surface area contributed by atoms with Crippen molar-refractivity contribution >= 4 is 29.3 Å². The maximum absolute atomic E-state index is 11.9. The number of carbonyl (C=O) groups is 1. The number of nitrogens with zero attached hydrogens (tertiary/aromatic N) is 2. The summed E-state index contributed by atoms with van der Waals surface area (Å²) in [5.41, 5.74) is 2.39. The van der Waals surface area contributed by atoms with Crippen LogP contribution in [0.15, 0.2) is 73.1 Å². The zero-order valence-corrected chi connectivity index (χ0v) is 13.4. The Morgan fingerprint density at radius 1 is 0.958 bits per heavy atom. The Morgan fingerprint density at radius 3 is 2.29 bits per heavy atom. The van der Waals surface area contributed by atoms with Gasteiger partial charge in [0.05, 0.1) is 0 Å². The molecule has 118 valence electrons. The van der Waals surface area contributed by atoms with E-state index in [1.807, 2.05) is 30.3 Å². The van der Waals surface area contributed by atoms with Gasteiger partial charge in [0, 0.05) is 40.3 Å². The van der Waals surface area contributed by atoms with Crippen LogP contribution in [0.2, 0.25) is 5.02 Å². The minimum absolute atomic E-state index is 0.232. The Kier molecular flexibility index (Phi) is 4.99. The molecule has 1 N–H and O–H groups in total. The molecule has 2 aromatic carbocycles. The number of amides is 1. The van der Waals surface area contributed by atoms with Crippen molar-refractivity contribution in [1.82, 2.24) is 9.97 Å². The molecule has 0 bridgehead atoms. The zero-order chi connectivity index (χ0) is 16.8. The van der Waals surface area contributed by atoms with E-state index in [1.54, 1.807) is 42.7 Å². The third-order valence-corrected chi connectivity index (χ3v) is 3.49. The van der Waals surface area contributed by atoms with Gasteiger partial charge in [-0.25, -0.2) is 9.97 Å². The maximum atomic E-state index is 11.9. The quantitative estimate of drug-likeness (QED) is 0.717. The van der Waals surface area contributed by atoms with Crippen molar-refractivity contribution in [2.24, 2.45) is 0 Å². The predicted molar refractivity (Wildman–Crippen MR) is 96.6 cm³/mol. The molecule has 0 saturated heterocycles. The summed E-state index contributed by atoms with van der Waals surface area (Å²) in [6.45, 7) is 0. The van der Waals surface area contributed by atoms with Gasteiger partial charge < -0.3 is 5.32 Å². The number of hydrogen-bond donors (Lipinski definition) is 1. The first-order valence-corrected chi connectivity index (χ1v) is 7.70. The third-order valence-electron chi connectivity index (χ3n) is 3.24. The number of anilines is 1. The Hall–Kier alpha value is -2.98. The lowest BCUT2D eigenvalue weighted by Crippen LogP contribution is -2.07. The highest BCUT2D eigenvalue weighted by Crippen LogP contribution is 2.15. The molecule has 3 rings (SSSR count). The number of hydrogen-bond acceptors (Lipinski definition) is 3. The maximum Gasteiger partial charge on any atom is 0.248 e. The number of benzene rings is 2. The van der Waals surface area contributed by atoms with Crippen molar-refractivity contribution in [3.63, 3.8) is 0 Å². The summed E-state index contributed by atoms with van der Waals surface area (Å²) in [4.78, 5) is 20.5. The van der Waals surface area contributed by atoms with Crippen LogP contribution in [0.1, 0.15) is 5.56 Å². The van der Waals surface area contributed by atoms with Crippen molar-refractivity contribution in [3.8, 4) is 11.4 Å². The molecule has 0 fully saturated rings. The molecule has 0 spiro atoms. The predicted octanol–water partition coefficient (Wildman–Crippen LogP) is 4.45. The molecular weight excluding hydrogens is 322 g/mol. The molecule has 0 aliphatic heterocycles. The molecule has 0 aliphatic carbocycles. The highest BCUT2D eigenvalue weighted by Gasteiger charge is 2.00. The summed E-state index contributed by atoms with van der Waals surface area (Å²) in [6, 6.07) is 16.6. The largest absolute Gasteiger partial charge is 0.323 e. The summed E-state index contributed by atoms with van der Waals surface area (Å²) in [5.74, 6) is 0.419. The van der Waals surface area contributed by atoms with Gasteiger partial charge in [0.25, 0.3) is 0 Å². The lowest BCUT2D eigenvalue weighted by Gasteiger charge is -2.02. The van der Waals surface area contributed by atoms with Gasteiger partial charge in [-0.05, 0) is 30.3 Å². The molecule has 0 radical (unpaired) electrons. The third kappa shape index (κ3) is 4.27. The lowest BCUT2D eigenvalue weighted by molar-refractivity contribution is -0.111. The van der Waals surface area contributed by atoms with Gasteiger partial charge in [0.15, 0.2) is 5.82 Å². The van der Waals surface area contributed by atoms with Crippen molar-refractivity contribution < 1.29 is 4.79 Å². The Balaban J connectivity index is 1.64. The molecule has 1 aromatic heterocycles. The molecule has 3 aromatic rings. The van der Waals surface area contributed by atoms with E-state index in [0.29, 0.717) is 16.5 Å². The standard InChI is InChI=1S/C19H14ClN3O/c20-16-7-9-17(10-8-16)23-18(24)11-6-14-12-21-19(22-13-14)15-4-2-1-3-5-15/h1-13H,(H,23,24)/b11-6+. The van der Waals surface area contributed by atoms with E-state index in [2.05, 4.69) is 15.3 Å². The summed E-state index contributed by atoms with van der Waals surface area (Å²) < 4.78 is 0. The zero-order valence-electron chi connectivity index (χ0n) is 12.7. The van der Waals surface area contributed by atoms with Gasteiger partial charge in [0.2, 0.25) is 5.91 Å². The van der Waals surface area contributed by atoms with E-state index in [0.717, 1.165) is 11.1 Å². The van der Waals surface area contributed by atoms with E-state index in [1.165, 1.54) is 6.08 Å². The van der Waals surface area contributed by atoms with Gasteiger partial charge in [-0.1, -0.05) is 41.9 Å². The number of rotatable bonds is 4. The molecule has 0 aliphatic rings. The fourth-order valence-electron chi connectivity index (χ4n) is 2.05. The average molecular weight is 336 g/mol. The highest BCUT2D eigenvalue weighted by atomic mass is 35.5. The van der Waals surface area contributed by atoms with Crippen LogP contribution >= 0.6 is 11.6 Å². The summed E-state index contributed by atoms with van der Waals surface area (Å²) in [6.07, 6.45) is 6.47. The van der Waals surface area contributed by atoms with Gasteiger partial charge >= 0.3 is 0 Å². The molecule has 0 saturated carbocycles. The second kappa shape index (κ2) is 7.53. The Bertz CT molecular complexity index is 844. The molecule has 0 atom stereocenters. The molecule has 4 nitrogen and oxygen atoms in total. The lowest BCUT2D eigenvalue weighted by atomic mass is 10.2. The molecule has 0 unspecified atom stereocenters. The molecule has 1 heterocycles. The van der Waals surface area contributed by atoms with Crippen molar-refractivity contribution in [2.75, 3.05) is 5.32 Å². The Morgan fingerprint density at radius 2 is 1.62 bits per heavy atom. The first-order valence-electron chi connectivity index (χ1n) is 7.33. The van der Waals surface area contributed by atoms with E-state index < -0.39 is 0 Å². The first kappa shape index (κ1) is 15.9. The first-order chi connectivity index (χ1) is 11.7. The molecule has 24 heavy (non-hydrogen) atoms. The minimum atomic E-state index is -0.232. The van der Waals surface area contributed by atoms with Gasteiger partial charge in [-0.15, -0.1) is 0 Å². The average Bonchev–Trinajstić information content (AvgIpc) is 2.63. The normalized spacial score (nSPS) is 10.7. The van der Waals surface area contributed by atoms with Crippen molar-refractivity contribution in [2.45, 2.75) is 0 Å². The van der Waals surface area contributed by atoms with Crippen molar-refractivity contribution in [3.05, 3.63) is 83.7 Å². The van der Waals surface area contributed by atoms with Crippen LogP contribution < -0.4 is 5.32 Å². The minimum Gasteiger partial charge on any atom is -0.323 e. The number of halogens is 1. The fourth-order valence-corrected chi connectivity index (χ4v) is 2.18. The van der Waals surface area contributed by atoms with E-state index in [9.17, 15) is 4.79 Å². The smallest absolute Gasteiger partial charge is 0.248 e. The van der Waals surface area contributed by atoms with Crippen LogP contribution in [0.5, 0.6) is 0 Å².